The monoisotopic (exact) mass is 2010 g/mol. The second kappa shape index (κ2) is 49.3. The topological polar surface area (TPSA) is 824 Å². The zero-order valence-electron chi connectivity index (χ0n) is 71.0. The van der Waals surface area contributed by atoms with Gasteiger partial charge in [-0.05, 0) is 79.8 Å². The van der Waals surface area contributed by atoms with Crippen molar-refractivity contribution in [1.82, 2.24) is 0 Å². The molecule has 0 radical (unpaired) electrons. The van der Waals surface area contributed by atoms with E-state index >= 15 is 9.59 Å². The Hall–Kier alpha value is -9.00. The summed E-state index contributed by atoms with van der Waals surface area (Å²) >= 11 is -3.22. The van der Waals surface area contributed by atoms with Crippen LogP contribution in [0, 0.1) is 53.7 Å². The van der Waals surface area contributed by atoms with Gasteiger partial charge in [0.15, 0.2) is 42.9 Å². The number of esters is 16. The first-order valence-electron chi connectivity index (χ1n) is 36.0. The molecule has 0 aromatic carbocycles. The molecule has 0 spiro atoms. The van der Waals surface area contributed by atoms with Gasteiger partial charge in [0.05, 0.1) is 19.5 Å². The minimum absolute atomic E-state index is 0.149. The lowest BCUT2D eigenvalue weighted by Gasteiger charge is -2.34. The number of carbonyl (C=O) groups is 16. The SMILES string of the molecule is CCC(C)(C)C(=O)OCCOC(=O)C(C)(COC(=O)C(C)(COC(=O)C(C)(COC(=O)CS(=O)[O-])COC(=O)CS(=O)(=O)[O-])COC(=O)C(C)(COC(=O)CS(=O)(=O)[O-])COC(=O)CS(=O)(=O)[O-])COC(=O)C(C)(COC(=O)C(C)(COC(=O)CS(C)(=O)=O)COC(=O)CS(=O)(=O)C[NH+](C)[O-])COC(=O)C(C)(COC(=O)CS(C)(=O)=O)COC(=O)CS(=O)(=O)C[NH+](C)[O-]. The molecule has 55 nitrogen and oxygen atoms in total. The molecule has 0 saturated heterocycles. The van der Waals surface area contributed by atoms with E-state index in [2.05, 4.69) is 0 Å². The van der Waals surface area contributed by atoms with Gasteiger partial charge in [-0.25, -0.2) is 58.9 Å². The lowest BCUT2D eigenvalue weighted by molar-refractivity contribution is -0.811. The van der Waals surface area contributed by atoms with E-state index < -0.39 is 393 Å². The molecule has 0 aliphatic heterocycles. The van der Waals surface area contributed by atoms with Crippen LogP contribution in [0.4, 0.5) is 0 Å². The van der Waals surface area contributed by atoms with Gasteiger partial charge in [-0.1, -0.05) is 6.92 Å². The van der Waals surface area contributed by atoms with Gasteiger partial charge < -0.3 is 115 Å². The zero-order chi connectivity index (χ0) is 99.9. The Kier molecular flexibility index (Phi) is 45.8. The molecule has 0 aliphatic carbocycles. The van der Waals surface area contributed by atoms with Gasteiger partial charge in [0, 0.05) is 12.5 Å². The molecule has 0 amide bonds. The van der Waals surface area contributed by atoms with Crippen LogP contribution in [0.3, 0.4) is 0 Å². The van der Waals surface area contributed by atoms with Crippen LogP contribution in [-0.4, -0.2) is 367 Å². The van der Waals surface area contributed by atoms with Gasteiger partial charge in [0.1, 0.15) is 208 Å². The molecule has 0 saturated carbocycles. The summed E-state index contributed by atoms with van der Waals surface area (Å²) in [6.07, 6.45) is 1.24. The molecule has 0 aromatic heterocycles. The molecular weight excluding hydrogens is 1910 g/mol. The maximum absolute atomic E-state index is 15.2. The highest BCUT2D eigenvalue weighted by atomic mass is 32.2. The summed E-state index contributed by atoms with van der Waals surface area (Å²) in [6, 6.07) is 0. The van der Waals surface area contributed by atoms with Crippen molar-refractivity contribution >= 4 is 176 Å². The van der Waals surface area contributed by atoms with Gasteiger partial charge in [-0.2, -0.15) is 0 Å². The van der Waals surface area contributed by atoms with E-state index in [0.717, 1.165) is 27.9 Å². The summed E-state index contributed by atoms with van der Waals surface area (Å²) in [5, 5.41) is 21.4. The highest BCUT2D eigenvalue weighted by molar-refractivity contribution is 7.92. The van der Waals surface area contributed by atoms with Crippen LogP contribution < -0.4 is 10.1 Å². The largest absolute Gasteiger partial charge is 0.772 e. The predicted molar refractivity (Wildman–Crippen MR) is 411 cm³/mol. The number of quaternary nitrogens is 2. The molecule has 63 heteroatoms. The lowest BCUT2D eigenvalue weighted by atomic mass is 9.89. The van der Waals surface area contributed by atoms with Crippen LogP contribution in [0.15, 0.2) is 0 Å². The Bertz CT molecular complexity index is 4740. The maximum atomic E-state index is 15.2. The smallest absolute Gasteiger partial charge is 0.321 e. The number of hydrogen-bond donors (Lipinski definition) is 2. The Morgan fingerprint density at radius 1 is 0.281 bits per heavy atom. The highest BCUT2D eigenvalue weighted by Crippen LogP contribution is 2.33. The van der Waals surface area contributed by atoms with Gasteiger partial charge >= 0.3 is 95.5 Å². The van der Waals surface area contributed by atoms with E-state index in [0.29, 0.717) is 47.1 Å². The third-order valence-corrected chi connectivity index (χ3v) is 23.2. The molecule has 0 bridgehead atoms. The number of carbonyl (C=O) groups excluding carboxylic acids is 16. The molecule has 0 rings (SSSR count). The molecule has 0 aromatic rings. The quantitative estimate of drug-likeness (QED) is 0.0143. The van der Waals surface area contributed by atoms with Crippen LogP contribution >= 0.6 is 0 Å². The van der Waals surface area contributed by atoms with Gasteiger partial charge in [-0.3, -0.25) is 80.9 Å². The van der Waals surface area contributed by atoms with E-state index in [9.17, 15) is 159 Å². The minimum atomic E-state index is -5.50. The van der Waals surface area contributed by atoms with E-state index in [1.165, 1.54) is 13.8 Å². The Morgan fingerprint density at radius 2 is 0.453 bits per heavy atom. The van der Waals surface area contributed by atoms with Crippen LogP contribution in [0.1, 0.15) is 75.7 Å². The Labute approximate surface area is 735 Å². The number of ether oxygens (including phenoxy) is 16. The fraction of sp³-hybridized carbons (Fsp3) is 0.754. The van der Waals surface area contributed by atoms with Crippen molar-refractivity contribution < 1.29 is 244 Å². The lowest BCUT2D eigenvalue weighted by Crippen LogP contribution is -3.04. The van der Waals surface area contributed by atoms with E-state index in [1.807, 2.05) is 0 Å². The summed E-state index contributed by atoms with van der Waals surface area (Å²) in [6.45, 7) is -14.2. The van der Waals surface area contributed by atoms with E-state index in [4.69, 9.17) is 75.8 Å². The van der Waals surface area contributed by atoms with Crippen molar-refractivity contribution in [3.05, 3.63) is 10.4 Å². The molecular formula is C65H98N2O53S8-4. The first-order valence-corrected chi connectivity index (χ1v) is 49.7. The first kappa shape index (κ1) is 119. The van der Waals surface area contributed by atoms with Crippen LogP contribution in [0.5, 0.6) is 0 Å². The number of hydroxylamine groups is 4. The second-order valence-electron chi connectivity index (χ2n) is 31.3. The summed E-state index contributed by atoms with van der Waals surface area (Å²) in [5.41, 5.74) is -21.1. The van der Waals surface area contributed by atoms with Crippen LogP contribution in [0.25, 0.3) is 0 Å². The summed E-state index contributed by atoms with van der Waals surface area (Å²) < 4.78 is 306. The van der Waals surface area contributed by atoms with E-state index in [-0.39, 0.29) is 6.42 Å². The molecule has 2 N–H and O–H groups in total. The minimum Gasteiger partial charge on any atom is -0.772 e. The van der Waals surface area contributed by atoms with Crippen LogP contribution in [0.2, 0.25) is 0 Å². The number of rotatable bonds is 60. The molecule has 0 fully saturated rings. The molecule has 8 atom stereocenters. The third kappa shape index (κ3) is 47.5. The van der Waals surface area contributed by atoms with Gasteiger partial charge in [0.25, 0.3) is 0 Å². The molecule has 0 heterocycles. The zero-order valence-corrected chi connectivity index (χ0v) is 77.5. The third-order valence-electron chi connectivity index (χ3n) is 16.4. The second-order valence-corrected chi connectivity index (χ2v) is 44.9. The number of nitrogens with one attached hydrogen (secondary N) is 2. The fourth-order valence-electron chi connectivity index (χ4n) is 8.58. The van der Waals surface area contributed by atoms with E-state index in [1.54, 1.807) is 6.92 Å². The Morgan fingerprint density at radius 3 is 0.633 bits per heavy atom. The molecule has 8 unspecified atom stereocenters. The van der Waals surface area contributed by atoms with Gasteiger partial charge in [0.2, 0.25) is 19.7 Å². The van der Waals surface area contributed by atoms with Crippen molar-refractivity contribution in [3.63, 3.8) is 0 Å². The molecule has 128 heavy (non-hydrogen) atoms. The average molecular weight is 2010 g/mol. The van der Waals surface area contributed by atoms with Crippen molar-refractivity contribution in [3.8, 4) is 0 Å². The standard InChI is InChI=1S/C65H102N2O53S8/c1-15-58(2,3)50(76)105-16-17-106-51(77)63(8,34-115-56(82)64(9,36-117-52(78)59(4,26-107-42(68)18-121(86)87)31-112-47(73)23-126(96,97)98)39-120-55(81)62(7,32-113-48(74)24-127(99,100)101)33-114-49(75)25-128(102,103)104)35-116-57(83)65(10,37-118-53(79)60(5,27-108-43(69)19-122(13,88)89)29-110-45(71)21-124(92,93)40-66(11)84)38-119-54(80)61(6,28-109-44(70)20-123(14,90)91)30-111-46(72)22-125(94,95)41-67(12)85/h66-67H,15-41H2,1-14H3,(H,86,87)(H,96,97,98)(H,99,100,101)(H,102,103,104)/p-4. The van der Waals surface area contributed by atoms with Crippen molar-refractivity contribution in [2.75, 3.05) is 190 Å². The fourth-order valence-corrected chi connectivity index (χ4v) is 13.3. The van der Waals surface area contributed by atoms with Crippen molar-refractivity contribution in [2.24, 2.45) is 43.3 Å². The normalized spacial score (nSPS) is 15.9. The van der Waals surface area contributed by atoms with Crippen LogP contribution in [-0.2, 0) is 233 Å². The summed E-state index contributed by atoms with van der Waals surface area (Å²) in [5.74, 6) is -43.7. The summed E-state index contributed by atoms with van der Waals surface area (Å²) in [7, 11) is -32.6. The highest BCUT2D eigenvalue weighted by Gasteiger charge is 2.51. The average Bonchev–Trinajstić information content (AvgIpc) is 0.806. The van der Waals surface area contributed by atoms with Crippen molar-refractivity contribution in [1.29, 1.82) is 0 Å². The first-order chi connectivity index (χ1) is 57.7. The maximum Gasteiger partial charge on any atom is 0.321 e. The number of sulfone groups is 4. The molecule has 738 valence electrons. The molecule has 0 aliphatic rings. The predicted octanol–water partition coefficient (Wildman–Crippen LogP) is -10.5. The van der Waals surface area contributed by atoms with Gasteiger partial charge in [-0.15, -0.1) is 0 Å². The van der Waals surface area contributed by atoms with Crippen molar-refractivity contribution in [2.45, 2.75) is 75.7 Å². The number of hydrogen-bond acceptors (Lipinski definition) is 53. The Balaban J connectivity index is 9.16. The summed E-state index contributed by atoms with van der Waals surface area (Å²) in [4.78, 5) is 217.